The Balaban J connectivity index is 1.67. The first-order valence-corrected chi connectivity index (χ1v) is 8.69. The van der Waals surface area contributed by atoms with Crippen molar-refractivity contribution in [3.05, 3.63) is 69.0 Å². The number of benzene rings is 2. The minimum absolute atomic E-state index is 0.0790. The Morgan fingerprint density at radius 2 is 1.96 bits per heavy atom. The van der Waals surface area contributed by atoms with Gasteiger partial charge < -0.3 is 9.47 Å². The number of methoxy groups -OCH3 is 1. The number of nitrogens with zero attached hydrogens (tertiary/aromatic N) is 2. The van der Waals surface area contributed by atoms with E-state index in [-0.39, 0.29) is 12.2 Å². The zero-order valence-electron chi connectivity index (χ0n) is 13.8. The number of carbonyl (C=O) groups is 1. The maximum absolute atomic E-state index is 12.7. The Bertz CT molecular complexity index is 1210. The van der Waals surface area contributed by atoms with Crippen LogP contribution < -0.4 is 14.8 Å². The second kappa shape index (κ2) is 6.61. The molecule has 0 saturated carbocycles. The van der Waals surface area contributed by atoms with E-state index in [1.165, 1.54) is 18.4 Å². The molecule has 2 aromatic heterocycles. The summed E-state index contributed by atoms with van der Waals surface area (Å²) >= 11 is 1.36. The summed E-state index contributed by atoms with van der Waals surface area (Å²) in [7, 11) is 1.31. The fourth-order valence-corrected chi connectivity index (χ4v) is 3.61. The summed E-state index contributed by atoms with van der Waals surface area (Å²) in [6.07, 6.45) is 1.82. The number of ether oxygens (including phenoxy) is 2. The predicted molar refractivity (Wildman–Crippen MR) is 99.6 cm³/mol. The monoisotopic (exact) mass is 366 g/mol. The molecule has 4 rings (SSSR count). The van der Waals surface area contributed by atoms with Crippen LogP contribution in [0.15, 0.2) is 53.3 Å². The van der Waals surface area contributed by atoms with Gasteiger partial charge in [0.2, 0.25) is 0 Å². The molecule has 4 aromatic rings. The fourth-order valence-electron chi connectivity index (χ4n) is 2.62. The average molecular weight is 366 g/mol. The Morgan fingerprint density at radius 3 is 2.73 bits per heavy atom. The van der Waals surface area contributed by atoms with Crippen molar-refractivity contribution in [2.75, 3.05) is 13.7 Å². The zero-order valence-corrected chi connectivity index (χ0v) is 14.7. The first-order valence-electron chi connectivity index (χ1n) is 7.87. The van der Waals surface area contributed by atoms with Crippen LogP contribution in [0, 0.1) is 0 Å². The van der Waals surface area contributed by atoms with Gasteiger partial charge in [-0.2, -0.15) is 0 Å². The van der Waals surface area contributed by atoms with Crippen LogP contribution in [0.4, 0.5) is 0 Å². The molecular formula is C19H14N2O4S. The van der Waals surface area contributed by atoms with E-state index in [1.54, 1.807) is 16.5 Å². The number of hydrogen-bond donors (Lipinski definition) is 0. The highest BCUT2D eigenvalue weighted by Crippen LogP contribution is 2.16. The van der Waals surface area contributed by atoms with Gasteiger partial charge in [0.05, 0.1) is 22.7 Å². The van der Waals surface area contributed by atoms with E-state index in [0.29, 0.717) is 15.2 Å². The van der Waals surface area contributed by atoms with Crippen LogP contribution in [0.2, 0.25) is 0 Å². The van der Waals surface area contributed by atoms with E-state index in [2.05, 4.69) is 9.72 Å². The van der Waals surface area contributed by atoms with E-state index >= 15 is 0 Å². The first-order chi connectivity index (χ1) is 12.7. The summed E-state index contributed by atoms with van der Waals surface area (Å²) in [5, 5.41) is 0. The SMILES string of the molecule is COC(=O)COc1ccc(/C=c2/sc3nc4ccccc4n3c2=O)cc1. The van der Waals surface area contributed by atoms with Crippen LogP contribution >= 0.6 is 11.3 Å². The lowest BCUT2D eigenvalue weighted by Gasteiger charge is -2.04. The highest BCUT2D eigenvalue weighted by atomic mass is 32.1. The maximum atomic E-state index is 12.7. The average Bonchev–Trinajstić information content (AvgIpc) is 3.17. The van der Waals surface area contributed by atoms with Crippen molar-refractivity contribution in [3.8, 4) is 5.75 Å². The number of para-hydroxylation sites is 2. The molecule has 0 radical (unpaired) electrons. The Morgan fingerprint density at radius 1 is 1.19 bits per heavy atom. The van der Waals surface area contributed by atoms with Gasteiger partial charge in [0.15, 0.2) is 11.6 Å². The molecular weight excluding hydrogens is 352 g/mol. The first kappa shape index (κ1) is 16.3. The summed E-state index contributed by atoms with van der Waals surface area (Å²) in [5.74, 6) is 0.118. The summed E-state index contributed by atoms with van der Waals surface area (Å²) in [4.78, 5) is 29.0. The number of fused-ring (bicyclic) bond motifs is 3. The molecule has 0 aliphatic carbocycles. The molecule has 2 aromatic carbocycles. The van der Waals surface area contributed by atoms with Crippen molar-refractivity contribution in [1.82, 2.24) is 9.38 Å². The third kappa shape index (κ3) is 2.93. The quantitative estimate of drug-likeness (QED) is 0.517. The molecule has 0 N–H and O–H groups in total. The second-order valence-corrected chi connectivity index (χ2v) is 6.58. The third-order valence-electron chi connectivity index (χ3n) is 3.91. The van der Waals surface area contributed by atoms with E-state index in [1.807, 2.05) is 42.5 Å². The highest BCUT2D eigenvalue weighted by molar-refractivity contribution is 7.15. The number of thiazole rings is 1. The normalized spacial score (nSPS) is 12.0. The molecule has 0 atom stereocenters. The van der Waals surface area contributed by atoms with Gasteiger partial charge >= 0.3 is 5.97 Å². The lowest BCUT2D eigenvalue weighted by atomic mass is 10.2. The van der Waals surface area contributed by atoms with Crippen molar-refractivity contribution in [2.45, 2.75) is 0 Å². The second-order valence-electron chi connectivity index (χ2n) is 5.57. The Kier molecular flexibility index (Phi) is 4.14. The molecule has 7 heteroatoms. The molecule has 0 unspecified atom stereocenters. The largest absolute Gasteiger partial charge is 0.482 e. The summed E-state index contributed by atoms with van der Waals surface area (Å²) in [6.45, 7) is -0.139. The minimum atomic E-state index is -0.439. The van der Waals surface area contributed by atoms with Gasteiger partial charge in [-0.05, 0) is 35.9 Å². The van der Waals surface area contributed by atoms with Crippen molar-refractivity contribution >= 4 is 39.4 Å². The number of hydrogen-bond acceptors (Lipinski definition) is 6. The van der Waals surface area contributed by atoms with Crippen LogP contribution in [0.5, 0.6) is 5.75 Å². The predicted octanol–water partition coefficient (Wildman–Crippen LogP) is 2.01. The molecule has 0 saturated heterocycles. The number of esters is 1. The van der Waals surface area contributed by atoms with Gasteiger partial charge in [0, 0.05) is 0 Å². The maximum Gasteiger partial charge on any atom is 0.343 e. The molecule has 0 fully saturated rings. The number of carbonyl (C=O) groups excluding carboxylic acids is 1. The van der Waals surface area contributed by atoms with E-state index in [0.717, 1.165) is 16.6 Å². The van der Waals surface area contributed by atoms with Gasteiger partial charge in [-0.1, -0.05) is 35.6 Å². The molecule has 0 aliphatic heterocycles. The molecule has 0 aliphatic rings. The van der Waals surface area contributed by atoms with E-state index < -0.39 is 5.97 Å². The van der Waals surface area contributed by atoms with Crippen molar-refractivity contribution in [3.63, 3.8) is 0 Å². The standard InChI is InChI=1S/C19H14N2O4S/c1-24-17(22)11-25-13-8-6-12(7-9-13)10-16-18(23)21-15-5-3-2-4-14(15)20-19(21)26-16/h2-10H,11H2,1H3/b16-10+. The van der Waals surface area contributed by atoms with Crippen LogP contribution in [0.25, 0.3) is 22.1 Å². The highest BCUT2D eigenvalue weighted by Gasteiger charge is 2.10. The topological polar surface area (TPSA) is 69.9 Å². The molecule has 0 spiro atoms. The summed E-state index contributed by atoms with van der Waals surface area (Å²) in [5.41, 5.74) is 2.41. The molecule has 2 heterocycles. The molecule has 6 nitrogen and oxygen atoms in total. The van der Waals surface area contributed by atoms with Crippen LogP contribution in [-0.4, -0.2) is 29.1 Å². The van der Waals surface area contributed by atoms with Crippen LogP contribution in [0.3, 0.4) is 0 Å². The van der Waals surface area contributed by atoms with Crippen LogP contribution in [-0.2, 0) is 9.53 Å². The lowest BCUT2D eigenvalue weighted by molar-refractivity contribution is -0.142. The van der Waals surface area contributed by atoms with Crippen molar-refractivity contribution in [1.29, 1.82) is 0 Å². The molecule has 130 valence electrons. The third-order valence-corrected chi connectivity index (χ3v) is 4.88. The van der Waals surface area contributed by atoms with Gasteiger partial charge in [0.25, 0.3) is 5.56 Å². The lowest BCUT2D eigenvalue weighted by Crippen LogP contribution is -2.22. The number of imidazole rings is 1. The zero-order chi connectivity index (χ0) is 18.1. The van der Waals surface area contributed by atoms with E-state index in [9.17, 15) is 9.59 Å². The Hall–Kier alpha value is -3.19. The smallest absolute Gasteiger partial charge is 0.343 e. The van der Waals surface area contributed by atoms with Gasteiger partial charge in [-0.25, -0.2) is 14.2 Å². The Labute approximate surface area is 151 Å². The van der Waals surface area contributed by atoms with Gasteiger partial charge in [-0.15, -0.1) is 0 Å². The summed E-state index contributed by atoms with van der Waals surface area (Å²) < 4.78 is 12.1. The fraction of sp³-hybridized carbons (Fsp3) is 0.105. The van der Waals surface area contributed by atoms with Crippen molar-refractivity contribution < 1.29 is 14.3 Å². The molecule has 0 amide bonds. The van der Waals surface area contributed by atoms with E-state index in [4.69, 9.17) is 4.74 Å². The van der Waals surface area contributed by atoms with Gasteiger partial charge in [0.1, 0.15) is 5.75 Å². The number of rotatable bonds is 4. The minimum Gasteiger partial charge on any atom is -0.482 e. The van der Waals surface area contributed by atoms with Gasteiger partial charge in [-0.3, -0.25) is 4.79 Å². The molecule has 0 bridgehead atoms. The molecule has 26 heavy (non-hydrogen) atoms. The van der Waals surface area contributed by atoms with Crippen molar-refractivity contribution in [2.24, 2.45) is 0 Å². The summed E-state index contributed by atoms with van der Waals surface area (Å²) in [6, 6.07) is 14.7. The van der Waals surface area contributed by atoms with Crippen LogP contribution in [0.1, 0.15) is 5.56 Å². The number of aromatic nitrogens is 2.